The monoisotopic (exact) mass is 338 g/mol. The maximum atomic E-state index is 2.53. The van der Waals surface area contributed by atoms with Crippen molar-refractivity contribution < 1.29 is 4.57 Å². The lowest BCUT2D eigenvalue weighted by Gasteiger charge is -2.47. The van der Waals surface area contributed by atoms with Gasteiger partial charge in [-0.05, 0) is 29.5 Å². The number of nitrogens with zero attached hydrogens (tertiary/aromatic N) is 1. The Morgan fingerprint density at radius 3 is 2.08 bits per heavy atom. The fourth-order valence-electron chi connectivity index (χ4n) is 4.10. The van der Waals surface area contributed by atoms with Gasteiger partial charge in [0.15, 0.2) is 6.20 Å². The van der Waals surface area contributed by atoms with Crippen molar-refractivity contribution in [2.45, 2.75) is 65.1 Å². The van der Waals surface area contributed by atoms with E-state index in [1.54, 1.807) is 5.19 Å². The number of pyridine rings is 1. The van der Waals surface area contributed by atoms with E-state index >= 15 is 0 Å². The molecule has 0 radical (unpaired) electrons. The lowest BCUT2D eigenvalue weighted by Crippen LogP contribution is -2.52. The quantitative estimate of drug-likeness (QED) is 0.528. The summed E-state index contributed by atoms with van der Waals surface area (Å²) in [5.74, 6) is 0. The topological polar surface area (TPSA) is 3.88 Å². The average molecular weight is 339 g/mol. The predicted molar refractivity (Wildman–Crippen MR) is 107 cm³/mol. The first-order chi connectivity index (χ1) is 10.9. The molecule has 3 rings (SSSR count). The summed E-state index contributed by atoms with van der Waals surface area (Å²) in [5.41, 5.74) is 7.43. The number of aromatic nitrogens is 1. The third kappa shape index (κ3) is 2.22. The van der Waals surface area contributed by atoms with Crippen LogP contribution in [0.3, 0.4) is 0 Å². The molecule has 1 nitrogen and oxygen atoms in total. The summed E-state index contributed by atoms with van der Waals surface area (Å²) in [6.45, 7) is 19.2. The van der Waals surface area contributed by atoms with Crippen LogP contribution in [-0.4, -0.2) is 8.07 Å². The van der Waals surface area contributed by atoms with Gasteiger partial charge in [-0.3, -0.25) is 0 Å². The van der Waals surface area contributed by atoms with Gasteiger partial charge in [-0.15, -0.1) is 0 Å². The summed E-state index contributed by atoms with van der Waals surface area (Å²) in [5, 5.41) is 1.55. The number of rotatable bonds is 1. The van der Waals surface area contributed by atoms with E-state index in [-0.39, 0.29) is 10.8 Å². The molecule has 0 saturated heterocycles. The molecule has 1 heterocycles. The standard InChI is InChI=1S/C22H32NSi/c1-15-11-10-12-17-19(15)20-18(22(4,5)21(17,2)3)13-16(14-23(20)6)24(7,8)9/h10-14H,1-9H3/q+1. The van der Waals surface area contributed by atoms with Gasteiger partial charge >= 0.3 is 0 Å². The normalized spacial score (nSPS) is 18.0. The Kier molecular flexibility index (Phi) is 3.66. The fraction of sp³-hybridized carbons (Fsp3) is 0.500. The first-order valence-corrected chi connectivity index (χ1v) is 12.5. The Balaban J connectivity index is 2.48. The van der Waals surface area contributed by atoms with Crippen molar-refractivity contribution in [3.05, 3.63) is 47.2 Å². The van der Waals surface area contributed by atoms with Crippen LogP contribution in [0.15, 0.2) is 30.5 Å². The Hall–Kier alpha value is -1.41. The molecule has 0 spiro atoms. The second-order valence-corrected chi connectivity index (χ2v) is 14.7. The zero-order valence-corrected chi connectivity index (χ0v) is 17.8. The molecule has 0 fully saturated rings. The third-order valence-electron chi connectivity index (χ3n) is 6.53. The van der Waals surface area contributed by atoms with Crippen molar-refractivity contribution in [2.75, 3.05) is 0 Å². The van der Waals surface area contributed by atoms with Crippen LogP contribution >= 0.6 is 0 Å². The van der Waals surface area contributed by atoms with Gasteiger partial charge in [0.1, 0.15) is 7.05 Å². The van der Waals surface area contributed by atoms with E-state index in [4.69, 9.17) is 0 Å². The maximum absolute atomic E-state index is 2.53. The molecule has 1 aliphatic rings. The minimum atomic E-state index is -1.36. The maximum Gasteiger partial charge on any atom is 0.216 e. The zero-order valence-electron chi connectivity index (χ0n) is 16.8. The van der Waals surface area contributed by atoms with E-state index < -0.39 is 8.07 Å². The molecule has 128 valence electrons. The van der Waals surface area contributed by atoms with E-state index in [0.29, 0.717) is 0 Å². The summed E-state index contributed by atoms with van der Waals surface area (Å²) in [7, 11) is 0.870. The van der Waals surface area contributed by atoms with Crippen LogP contribution in [0.5, 0.6) is 0 Å². The van der Waals surface area contributed by atoms with E-state index in [1.165, 1.54) is 27.9 Å². The highest BCUT2D eigenvalue weighted by molar-refractivity contribution is 6.88. The van der Waals surface area contributed by atoms with Gasteiger partial charge in [0.2, 0.25) is 5.69 Å². The van der Waals surface area contributed by atoms with Crippen LogP contribution in [0.1, 0.15) is 44.4 Å². The minimum absolute atomic E-state index is 0.0938. The molecular weight excluding hydrogens is 306 g/mol. The molecule has 0 aliphatic heterocycles. The van der Waals surface area contributed by atoms with Gasteiger partial charge in [-0.1, -0.05) is 65.5 Å². The van der Waals surface area contributed by atoms with Crippen molar-refractivity contribution in [2.24, 2.45) is 7.05 Å². The molecule has 24 heavy (non-hydrogen) atoms. The van der Waals surface area contributed by atoms with Crippen LogP contribution in [-0.2, 0) is 17.9 Å². The van der Waals surface area contributed by atoms with Gasteiger partial charge in [0.25, 0.3) is 0 Å². The van der Waals surface area contributed by atoms with Crippen LogP contribution in [0.4, 0.5) is 0 Å². The molecule has 0 saturated carbocycles. The largest absolute Gasteiger partial charge is 0.216 e. The van der Waals surface area contributed by atoms with Crippen molar-refractivity contribution in [3.63, 3.8) is 0 Å². The highest BCUT2D eigenvalue weighted by atomic mass is 28.3. The molecule has 0 unspecified atom stereocenters. The Bertz CT molecular complexity index is 823. The zero-order chi connectivity index (χ0) is 18.1. The number of aryl methyl sites for hydroxylation is 2. The fourth-order valence-corrected chi connectivity index (χ4v) is 5.26. The highest BCUT2D eigenvalue weighted by Gasteiger charge is 2.49. The third-order valence-corrected chi connectivity index (χ3v) is 8.53. The molecule has 0 N–H and O–H groups in total. The Morgan fingerprint density at radius 2 is 1.50 bits per heavy atom. The summed E-state index contributed by atoms with van der Waals surface area (Å²) in [6, 6.07) is 9.33. The highest BCUT2D eigenvalue weighted by Crippen LogP contribution is 2.53. The lowest BCUT2D eigenvalue weighted by molar-refractivity contribution is -0.660. The van der Waals surface area contributed by atoms with Gasteiger partial charge in [0, 0.05) is 16.2 Å². The van der Waals surface area contributed by atoms with E-state index in [0.717, 1.165) is 0 Å². The Labute approximate surface area is 148 Å². The molecular formula is C22H32NSi+. The number of hydrogen-bond acceptors (Lipinski definition) is 0. The van der Waals surface area contributed by atoms with Crippen LogP contribution in [0, 0.1) is 6.92 Å². The molecule has 0 bridgehead atoms. The van der Waals surface area contributed by atoms with E-state index in [1.807, 2.05) is 0 Å². The van der Waals surface area contributed by atoms with Crippen LogP contribution in [0.25, 0.3) is 11.3 Å². The second kappa shape index (κ2) is 5.04. The van der Waals surface area contributed by atoms with Gasteiger partial charge in [-0.2, -0.15) is 0 Å². The number of benzene rings is 1. The first-order valence-electron chi connectivity index (χ1n) is 9.04. The SMILES string of the molecule is Cc1cccc2c1-c1c(cc([Si](C)(C)C)c[n+]1C)C(C)(C)C2(C)C. The second-order valence-electron chi connectivity index (χ2n) is 9.60. The first kappa shape index (κ1) is 17.4. The molecule has 0 atom stereocenters. The van der Waals surface area contributed by atoms with Crippen molar-refractivity contribution in [1.29, 1.82) is 0 Å². The smallest absolute Gasteiger partial charge is 0.201 e. The summed E-state index contributed by atoms with van der Waals surface area (Å²) in [6.07, 6.45) is 2.38. The lowest BCUT2D eigenvalue weighted by atomic mass is 9.56. The summed E-state index contributed by atoms with van der Waals surface area (Å²) >= 11 is 0. The van der Waals surface area contributed by atoms with Crippen LogP contribution < -0.4 is 9.75 Å². The molecule has 1 aromatic heterocycles. The summed E-state index contributed by atoms with van der Waals surface area (Å²) < 4.78 is 2.39. The number of hydrogen-bond donors (Lipinski definition) is 0. The van der Waals surface area contributed by atoms with E-state index in [9.17, 15) is 0 Å². The molecule has 2 aromatic rings. The minimum Gasteiger partial charge on any atom is -0.201 e. The molecule has 1 aliphatic carbocycles. The van der Waals surface area contributed by atoms with E-state index in [2.05, 4.69) is 96.3 Å². The molecule has 2 heteroatoms. The Morgan fingerprint density at radius 1 is 0.917 bits per heavy atom. The van der Waals surface area contributed by atoms with Crippen molar-refractivity contribution >= 4 is 13.3 Å². The number of fused-ring (bicyclic) bond motifs is 3. The van der Waals surface area contributed by atoms with Gasteiger partial charge < -0.3 is 0 Å². The van der Waals surface area contributed by atoms with Crippen molar-refractivity contribution in [3.8, 4) is 11.3 Å². The molecule has 1 aromatic carbocycles. The van der Waals surface area contributed by atoms with Crippen molar-refractivity contribution in [1.82, 2.24) is 0 Å². The predicted octanol–water partition coefficient (Wildman–Crippen LogP) is 4.60. The van der Waals surface area contributed by atoms with Gasteiger partial charge in [-0.25, -0.2) is 4.57 Å². The summed E-state index contributed by atoms with van der Waals surface area (Å²) in [4.78, 5) is 0. The average Bonchev–Trinajstić information content (AvgIpc) is 2.44. The molecule has 0 amide bonds. The van der Waals surface area contributed by atoms with Gasteiger partial charge in [0.05, 0.1) is 13.6 Å². The van der Waals surface area contributed by atoms with Crippen LogP contribution in [0.2, 0.25) is 19.6 Å².